The Morgan fingerprint density at radius 1 is 1.05 bits per heavy atom. The molecule has 0 atom stereocenters. The molecule has 0 radical (unpaired) electrons. The van der Waals surface area contributed by atoms with E-state index in [1.54, 1.807) is 0 Å². The Labute approximate surface area is 123 Å². The Bertz CT molecular complexity index is 699. The molecule has 1 saturated heterocycles. The zero-order valence-electron chi connectivity index (χ0n) is 12.0. The quantitative estimate of drug-likeness (QED) is 0.921. The standard InChI is InChI=1S/C16H19N3O2/c1-2-10(1)16-18-12-7-14-15(21-9-20-14)8-13(12)19(16)11-3-5-17-6-4-11/h7-8,10-11,17H,1-6,9H2. The van der Waals surface area contributed by atoms with Gasteiger partial charge in [0.1, 0.15) is 5.82 Å². The fourth-order valence-electron chi connectivity index (χ4n) is 3.58. The number of hydrogen-bond acceptors (Lipinski definition) is 4. The lowest BCUT2D eigenvalue weighted by Crippen LogP contribution is -2.30. The van der Waals surface area contributed by atoms with Crippen LogP contribution in [-0.2, 0) is 0 Å². The number of nitrogens with one attached hydrogen (secondary N) is 1. The molecule has 0 spiro atoms. The number of piperidine rings is 1. The zero-order chi connectivity index (χ0) is 13.8. The van der Waals surface area contributed by atoms with Gasteiger partial charge in [0.15, 0.2) is 11.5 Å². The smallest absolute Gasteiger partial charge is 0.231 e. The first-order valence-corrected chi connectivity index (χ1v) is 7.92. The Balaban J connectivity index is 1.70. The molecule has 5 heteroatoms. The van der Waals surface area contributed by atoms with Crippen molar-refractivity contribution in [3.05, 3.63) is 18.0 Å². The van der Waals surface area contributed by atoms with E-state index in [1.165, 1.54) is 37.0 Å². The minimum absolute atomic E-state index is 0.324. The molecule has 1 N–H and O–H groups in total. The van der Waals surface area contributed by atoms with Crippen molar-refractivity contribution in [2.75, 3.05) is 19.9 Å². The third-order valence-electron chi connectivity index (χ3n) is 4.83. The number of nitrogens with zero attached hydrogens (tertiary/aromatic N) is 2. The average Bonchev–Trinajstić information content (AvgIpc) is 3.16. The predicted octanol–water partition coefficient (Wildman–Crippen LogP) is 2.57. The molecular weight excluding hydrogens is 266 g/mol. The maximum atomic E-state index is 5.56. The lowest BCUT2D eigenvalue weighted by molar-refractivity contribution is 0.174. The first-order valence-electron chi connectivity index (χ1n) is 7.92. The summed E-state index contributed by atoms with van der Waals surface area (Å²) in [6, 6.07) is 4.73. The van der Waals surface area contributed by atoms with E-state index >= 15 is 0 Å². The Hall–Kier alpha value is -1.75. The third kappa shape index (κ3) is 1.83. The van der Waals surface area contributed by atoms with Crippen LogP contribution in [0, 0.1) is 0 Å². The van der Waals surface area contributed by atoms with Crippen LogP contribution in [0.4, 0.5) is 0 Å². The highest BCUT2D eigenvalue weighted by atomic mass is 16.7. The normalized spacial score (nSPS) is 22.1. The van der Waals surface area contributed by atoms with Crippen LogP contribution in [0.1, 0.15) is 43.5 Å². The largest absolute Gasteiger partial charge is 0.454 e. The molecule has 2 fully saturated rings. The minimum Gasteiger partial charge on any atom is -0.454 e. The maximum Gasteiger partial charge on any atom is 0.231 e. The van der Waals surface area contributed by atoms with Crippen molar-refractivity contribution < 1.29 is 9.47 Å². The molecule has 3 aliphatic rings. The highest BCUT2D eigenvalue weighted by molar-refractivity contribution is 5.81. The number of hydrogen-bond donors (Lipinski definition) is 1. The molecule has 1 saturated carbocycles. The summed E-state index contributed by atoms with van der Waals surface area (Å²) >= 11 is 0. The summed E-state index contributed by atoms with van der Waals surface area (Å²) in [7, 11) is 0. The molecule has 0 unspecified atom stereocenters. The zero-order valence-corrected chi connectivity index (χ0v) is 12.0. The molecule has 5 rings (SSSR count). The van der Waals surface area contributed by atoms with E-state index in [4.69, 9.17) is 14.5 Å². The van der Waals surface area contributed by atoms with E-state index < -0.39 is 0 Å². The van der Waals surface area contributed by atoms with Crippen LogP contribution in [0.2, 0.25) is 0 Å². The molecule has 110 valence electrons. The Morgan fingerprint density at radius 3 is 2.57 bits per heavy atom. The van der Waals surface area contributed by atoms with Crippen LogP contribution in [0.15, 0.2) is 12.1 Å². The monoisotopic (exact) mass is 285 g/mol. The van der Waals surface area contributed by atoms with Crippen molar-refractivity contribution >= 4 is 11.0 Å². The van der Waals surface area contributed by atoms with Crippen molar-refractivity contribution in [3.8, 4) is 11.5 Å². The fourth-order valence-corrected chi connectivity index (χ4v) is 3.58. The first-order chi connectivity index (χ1) is 10.4. The van der Waals surface area contributed by atoms with Crippen molar-refractivity contribution in [2.45, 2.75) is 37.6 Å². The van der Waals surface area contributed by atoms with Gasteiger partial charge in [-0.3, -0.25) is 0 Å². The van der Waals surface area contributed by atoms with Crippen LogP contribution in [-0.4, -0.2) is 29.4 Å². The summed E-state index contributed by atoms with van der Waals surface area (Å²) in [6.45, 7) is 2.52. The van der Waals surface area contributed by atoms with E-state index in [9.17, 15) is 0 Å². The van der Waals surface area contributed by atoms with E-state index in [1.807, 2.05) is 6.07 Å². The van der Waals surface area contributed by atoms with Gasteiger partial charge >= 0.3 is 0 Å². The Kier molecular flexibility index (Phi) is 2.47. The average molecular weight is 285 g/mol. The molecule has 1 aromatic carbocycles. The highest BCUT2D eigenvalue weighted by Gasteiger charge is 2.33. The molecule has 1 aliphatic carbocycles. The molecule has 0 bridgehead atoms. The van der Waals surface area contributed by atoms with Crippen molar-refractivity contribution in [1.82, 2.24) is 14.9 Å². The lowest BCUT2D eigenvalue weighted by Gasteiger charge is -2.26. The molecule has 3 heterocycles. The number of benzene rings is 1. The molecule has 0 amide bonds. The van der Waals surface area contributed by atoms with Gasteiger partial charge in [0.05, 0.1) is 11.0 Å². The summed E-state index contributed by atoms with van der Waals surface area (Å²) in [4.78, 5) is 4.93. The van der Waals surface area contributed by atoms with Gasteiger partial charge in [0, 0.05) is 24.1 Å². The molecule has 21 heavy (non-hydrogen) atoms. The second-order valence-electron chi connectivity index (χ2n) is 6.29. The van der Waals surface area contributed by atoms with Gasteiger partial charge < -0.3 is 19.4 Å². The van der Waals surface area contributed by atoms with Crippen LogP contribution >= 0.6 is 0 Å². The second kappa shape index (κ2) is 4.37. The molecule has 5 nitrogen and oxygen atoms in total. The first kappa shape index (κ1) is 11.9. The SMILES string of the molecule is c1c2c(cc3c1nc(C1CC1)n3C1CCNCC1)OCO2. The number of aromatic nitrogens is 2. The lowest BCUT2D eigenvalue weighted by atomic mass is 10.1. The summed E-state index contributed by atoms with van der Waals surface area (Å²) < 4.78 is 13.6. The van der Waals surface area contributed by atoms with Gasteiger partial charge in [-0.15, -0.1) is 0 Å². The Morgan fingerprint density at radius 2 is 1.81 bits per heavy atom. The summed E-state index contributed by atoms with van der Waals surface area (Å²) in [5.41, 5.74) is 2.27. The summed E-state index contributed by atoms with van der Waals surface area (Å²) in [5, 5.41) is 3.45. The topological polar surface area (TPSA) is 48.3 Å². The van der Waals surface area contributed by atoms with E-state index in [2.05, 4.69) is 16.0 Å². The summed E-state index contributed by atoms with van der Waals surface area (Å²) in [5.74, 6) is 3.63. The summed E-state index contributed by atoms with van der Waals surface area (Å²) in [6.07, 6.45) is 4.92. The van der Waals surface area contributed by atoms with Crippen molar-refractivity contribution in [3.63, 3.8) is 0 Å². The van der Waals surface area contributed by atoms with E-state index in [0.717, 1.165) is 30.1 Å². The molecular formula is C16H19N3O2. The number of rotatable bonds is 2. The number of imidazole rings is 1. The van der Waals surface area contributed by atoms with Crippen LogP contribution in [0.3, 0.4) is 0 Å². The van der Waals surface area contributed by atoms with Gasteiger partial charge in [-0.25, -0.2) is 4.98 Å². The number of fused-ring (bicyclic) bond motifs is 2. The van der Waals surface area contributed by atoms with Crippen LogP contribution in [0.25, 0.3) is 11.0 Å². The highest BCUT2D eigenvalue weighted by Crippen LogP contribution is 2.45. The van der Waals surface area contributed by atoms with Gasteiger partial charge in [0.25, 0.3) is 0 Å². The molecule has 2 aromatic rings. The van der Waals surface area contributed by atoms with Gasteiger partial charge in [-0.1, -0.05) is 0 Å². The van der Waals surface area contributed by atoms with Gasteiger partial charge in [-0.2, -0.15) is 0 Å². The van der Waals surface area contributed by atoms with E-state index in [-0.39, 0.29) is 0 Å². The number of ether oxygens (including phenoxy) is 2. The molecule has 2 aliphatic heterocycles. The maximum absolute atomic E-state index is 5.56. The van der Waals surface area contributed by atoms with E-state index in [0.29, 0.717) is 18.8 Å². The minimum atomic E-state index is 0.324. The fraction of sp³-hybridized carbons (Fsp3) is 0.562. The van der Waals surface area contributed by atoms with Gasteiger partial charge in [0.2, 0.25) is 6.79 Å². The van der Waals surface area contributed by atoms with Crippen LogP contribution < -0.4 is 14.8 Å². The van der Waals surface area contributed by atoms with Crippen molar-refractivity contribution in [1.29, 1.82) is 0 Å². The third-order valence-corrected chi connectivity index (χ3v) is 4.83. The molecule has 1 aromatic heterocycles. The second-order valence-corrected chi connectivity index (χ2v) is 6.29. The predicted molar refractivity (Wildman–Crippen MR) is 79.0 cm³/mol. The van der Waals surface area contributed by atoms with Gasteiger partial charge in [-0.05, 0) is 38.8 Å². The van der Waals surface area contributed by atoms with Crippen LogP contribution in [0.5, 0.6) is 11.5 Å². The van der Waals surface area contributed by atoms with Crippen molar-refractivity contribution in [2.24, 2.45) is 0 Å².